The van der Waals surface area contributed by atoms with Crippen molar-refractivity contribution in [3.8, 4) is 23.0 Å². The number of benzene rings is 4. The predicted molar refractivity (Wildman–Crippen MR) is 160 cm³/mol. The van der Waals surface area contributed by atoms with Crippen LogP contribution < -0.4 is 23.8 Å². The first-order valence-corrected chi connectivity index (χ1v) is 13.3. The van der Waals surface area contributed by atoms with Crippen LogP contribution in [0.1, 0.15) is 23.6 Å². The second-order valence-electron chi connectivity index (χ2n) is 9.22. The molecule has 0 saturated carbocycles. The van der Waals surface area contributed by atoms with E-state index in [1.54, 1.807) is 25.3 Å². The second-order valence-corrected chi connectivity index (χ2v) is 9.22. The number of nitro groups is 1. The summed E-state index contributed by atoms with van der Waals surface area (Å²) in [5.41, 5.74) is 4.04. The molecule has 4 aromatic rings. The Morgan fingerprint density at radius 3 is 2.15 bits per heavy atom. The number of nitro benzene ring substituents is 1. The minimum Gasteiger partial charge on any atom is -0.493 e. The average molecular weight is 555 g/mol. The van der Waals surface area contributed by atoms with Crippen LogP contribution in [0.5, 0.6) is 23.0 Å². The summed E-state index contributed by atoms with van der Waals surface area (Å²) < 4.78 is 23.5. The molecule has 0 aliphatic carbocycles. The van der Waals surface area contributed by atoms with Crippen LogP contribution in [0.2, 0.25) is 0 Å². The van der Waals surface area contributed by atoms with Crippen molar-refractivity contribution in [2.45, 2.75) is 26.7 Å². The lowest BCUT2D eigenvalue weighted by molar-refractivity contribution is -0.384. The zero-order valence-electron chi connectivity index (χ0n) is 23.3. The lowest BCUT2D eigenvalue weighted by Gasteiger charge is -2.26. The molecule has 212 valence electrons. The Kier molecular flexibility index (Phi) is 10.2. The fraction of sp³-hybridized carbons (Fsp3) is 0.212. The van der Waals surface area contributed by atoms with Crippen LogP contribution in [0.3, 0.4) is 0 Å². The van der Waals surface area contributed by atoms with Gasteiger partial charge in [0.1, 0.15) is 31.3 Å². The first-order chi connectivity index (χ1) is 20.0. The topological polar surface area (TPSA) is 83.3 Å². The van der Waals surface area contributed by atoms with Gasteiger partial charge in [-0.15, -0.1) is 0 Å². The molecule has 0 radical (unpaired) electrons. The number of ether oxygens (including phenoxy) is 4. The van der Waals surface area contributed by atoms with E-state index in [0.29, 0.717) is 43.6 Å². The molecule has 0 aliphatic rings. The van der Waals surface area contributed by atoms with Crippen molar-refractivity contribution in [1.82, 2.24) is 0 Å². The summed E-state index contributed by atoms with van der Waals surface area (Å²) in [7, 11) is 1.61. The largest absolute Gasteiger partial charge is 0.493 e. The molecule has 0 N–H and O–H groups in total. The van der Waals surface area contributed by atoms with E-state index in [9.17, 15) is 10.1 Å². The van der Waals surface area contributed by atoms with E-state index in [1.165, 1.54) is 17.7 Å². The SMILES string of the molecule is C=CCOc1ccc(COc2ccc(COc3ccc([N+](=O)[O-])cc3)cc2N(CC)Cc2ccccc2)cc1OC. The van der Waals surface area contributed by atoms with E-state index in [-0.39, 0.29) is 5.69 Å². The average Bonchev–Trinajstić information content (AvgIpc) is 3.01. The fourth-order valence-corrected chi connectivity index (χ4v) is 4.25. The highest BCUT2D eigenvalue weighted by Gasteiger charge is 2.15. The molecular formula is C33H34N2O6. The summed E-state index contributed by atoms with van der Waals surface area (Å²) in [6, 6.07) is 28.1. The van der Waals surface area contributed by atoms with Gasteiger partial charge in [-0.05, 0) is 60.0 Å². The zero-order chi connectivity index (χ0) is 29.0. The number of non-ortho nitro benzene ring substituents is 1. The Morgan fingerprint density at radius 1 is 0.805 bits per heavy atom. The number of rotatable bonds is 15. The van der Waals surface area contributed by atoms with Gasteiger partial charge in [0.25, 0.3) is 5.69 Å². The Balaban J connectivity index is 1.55. The predicted octanol–water partition coefficient (Wildman–Crippen LogP) is 7.35. The van der Waals surface area contributed by atoms with Crippen LogP contribution in [-0.2, 0) is 19.8 Å². The molecule has 0 fully saturated rings. The van der Waals surface area contributed by atoms with Crippen LogP contribution in [-0.4, -0.2) is 25.2 Å². The third kappa shape index (κ3) is 8.02. The Hall–Kier alpha value is -4.98. The maximum absolute atomic E-state index is 10.9. The molecule has 0 spiro atoms. The molecule has 8 nitrogen and oxygen atoms in total. The highest BCUT2D eigenvalue weighted by atomic mass is 16.6. The van der Waals surface area contributed by atoms with Crippen molar-refractivity contribution in [1.29, 1.82) is 0 Å². The summed E-state index contributed by atoms with van der Waals surface area (Å²) in [4.78, 5) is 12.8. The van der Waals surface area contributed by atoms with E-state index in [4.69, 9.17) is 18.9 Å². The molecule has 8 heteroatoms. The third-order valence-corrected chi connectivity index (χ3v) is 6.39. The molecule has 0 heterocycles. The number of nitrogens with zero attached hydrogens (tertiary/aromatic N) is 2. The number of hydrogen-bond acceptors (Lipinski definition) is 7. The maximum atomic E-state index is 10.9. The molecule has 0 bridgehead atoms. The molecule has 4 aromatic carbocycles. The minimum atomic E-state index is -0.429. The normalized spacial score (nSPS) is 10.5. The molecule has 0 aliphatic heterocycles. The maximum Gasteiger partial charge on any atom is 0.269 e. The monoisotopic (exact) mass is 554 g/mol. The number of anilines is 1. The minimum absolute atomic E-state index is 0.0252. The molecule has 0 amide bonds. The lowest BCUT2D eigenvalue weighted by atomic mass is 10.1. The van der Waals surface area contributed by atoms with E-state index in [1.807, 2.05) is 48.5 Å². The van der Waals surface area contributed by atoms with Gasteiger partial charge in [-0.25, -0.2) is 0 Å². The van der Waals surface area contributed by atoms with E-state index >= 15 is 0 Å². The van der Waals surface area contributed by atoms with Crippen molar-refractivity contribution >= 4 is 11.4 Å². The van der Waals surface area contributed by atoms with Crippen molar-refractivity contribution in [2.24, 2.45) is 0 Å². The first-order valence-electron chi connectivity index (χ1n) is 13.3. The third-order valence-electron chi connectivity index (χ3n) is 6.39. The van der Waals surface area contributed by atoms with Gasteiger partial charge in [0.2, 0.25) is 0 Å². The van der Waals surface area contributed by atoms with Crippen molar-refractivity contribution in [2.75, 3.05) is 25.2 Å². The number of hydrogen-bond donors (Lipinski definition) is 0. The molecule has 41 heavy (non-hydrogen) atoms. The fourth-order valence-electron chi connectivity index (χ4n) is 4.25. The molecule has 0 aromatic heterocycles. The van der Waals surface area contributed by atoms with Crippen molar-refractivity contribution in [3.05, 3.63) is 130 Å². The molecular weight excluding hydrogens is 520 g/mol. The highest BCUT2D eigenvalue weighted by molar-refractivity contribution is 5.60. The van der Waals surface area contributed by atoms with Crippen molar-refractivity contribution < 1.29 is 23.9 Å². The summed E-state index contributed by atoms with van der Waals surface area (Å²) in [5, 5.41) is 10.9. The molecule has 0 unspecified atom stereocenters. The van der Waals surface area contributed by atoms with Gasteiger partial charge < -0.3 is 23.8 Å². The molecule has 0 atom stereocenters. The van der Waals surface area contributed by atoms with Gasteiger partial charge in [-0.2, -0.15) is 0 Å². The Labute approximate surface area is 240 Å². The molecule has 4 rings (SSSR count). The Morgan fingerprint density at radius 2 is 1.49 bits per heavy atom. The Bertz CT molecular complexity index is 1440. The first kappa shape index (κ1) is 29.0. The van der Waals surface area contributed by atoms with Crippen molar-refractivity contribution in [3.63, 3.8) is 0 Å². The van der Waals surface area contributed by atoms with E-state index in [2.05, 4.69) is 36.6 Å². The van der Waals surface area contributed by atoms with Gasteiger partial charge in [-0.3, -0.25) is 10.1 Å². The molecule has 0 saturated heterocycles. The van der Waals surface area contributed by atoms with Gasteiger partial charge >= 0.3 is 0 Å². The summed E-state index contributed by atoms with van der Waals surface area (Å²) in [6.07, 6.45) is 1.69. The smallest absolute Gasteiger partial charge is 0.269 e. The lowest BCUT2D eigenvalue weighted by Crippen LogP contribution is -2.23. The summed E-state index contributed by atoms with van der Waals surface area (Å²) in [5.74, 6) is 2.58. The van der Waals surface area contributed by atoms with Crippen LogP contribution in [0.15, 0.2) is 104 Å². The van der Waals surface area contributed by atoms with Gasteiger partial charge in [0.05, 0.1) is 17.7 Å². The zero-order valence-corrected chi connectivity index (χ0v) is 23.3. The van der Waals surface area contributed by atoms with Crippen LogP contribution in [0, 0.1) is 10.1 Å². The van der Waals surface area contributed by atoms with Gasteiger partial charge in [0.15, 0.2) is 11.5 Å². The van der Waals surface area contributed by atoms with Gasteiger partial charge in [-0.1, -0.05) is 55.1 Å². The van der Waals surface area contributed by atoms with E-state index in [0.717, 1.165) is 29.1 Å². The van der Waals surface area contributed by atoms with E-state index < -0.39 is 4.92 Å². The second kappa shape index (κ2) is 14.4. The quantitative estimate of drug-likeness (QED) is 0.0863. The van der Waals surface area contributed by atoms with Crippen LogP contribution in [0.4, 0.5) is 11.4 Å². The van der Waals surface area contributed by atoms with Crippen LogP contribution in [0.25, 0.3) is 0 Å². The standard InChI is InChI=1S/C33H34N2O6/c1-4-19-39-32-18-12-27(21-33(32)38-3)24-41-31-17-11-26(23-40-29-15-13-28(14-16-29)35(36)37)20-30(31)34(5-2)22-25-9-7-6-8-10-25/h4,6-18,20-21H,1,5,19,22-24H2,2-3H3. The number of methoxy groups -OCH3 is 1. The highest BCUT2D eigenvalue weighted by Crippen LogP contribution is 2.33. The summed E-state index contributed by atoms with van der Waals surface area (Å²) >= 11 is 0. The summed E-state index contributed by atoms with van der Waals surface area (Å²) in [6.45, 7) is 8.31. The van der Waals surface area contributed by atoms with Crippen LogP contribution >= 0.6 is 0 Å². The van der Waals surface area contributed by atoms with Gasteiger partial charge in [0, 0.05) is 25.2 Å².